The third-order valence-electron chi connectivity index (χ3n) is 5.14. The van der Waals surface area contributed by atoms with Gasteiger partial charge < -0.3 is 20.1 Å². The second-order valence-electron chi connectivity index (χ2n) is 7.85. The summed E-state index contributed by atoms with van der Waals surface area (Å²) in [4.78, 5) is 35.3. The monoisotopic (exact) mass is 513 g/mol. The Morgan fingerprint density at radius 1 is 0.943 bits per heavy atom. The van der Waals surface area contributed by atoms with E-state index in [1.54, 1.807) is 78.9 Å². The summed E-state index contributed by atoms with van der Waals surface area (Å²) >= 11 is 5.88. The first-order valence-electron chi connectivity index (χ1n) is 10.7. The van der Waals surface area contributed by atoms with Crippen LogP contribution < -0.4 is 5.32 Å². The van der Waals surface area contributed by atoms with Gasteiger partial charge in [-0.05, 0) is 34.9 Å². The fourth-order valence-electron chi connectivity index (χ4n) is 3.32. The third-order valence-corrected chi connectivity index (χ3v) is 7.47. The van der Waals surface area contributed by atoms with Gasteiger partial charge in [-0.3, -0.25) is 4.57 Å². The molecule has 9 heteroatoms. The second-order valence-corrected chi connectivity index (χ2v) is 10.7. The first kappa shape index (κ1) is 26.2. The van der Waals surface area contributed by atoms with Gasteiger partial charge in [0.25, 0.3) is 0 Å². The number of ether oxygens (including phenoxy) is 1. The van der Waals surface area contributed by atoms with E-state index in [1.165, 1.54) is 6.08 Å². The van der Waals surface area contributed by atoms with Gasteiger partial charge in [0, 0.05) is 17.0 Å². The number of carboxylic acids is 1. The number of nitrogens with one attached hydrogen (secondary N) is 1. The van der Waals surface area contributed by atoms with E-state index in [4.69, 9.17) is 16.3 Å². The van der Waals surface area contributed by atoms with Crippen LogP contribution in [0.4, 0.5) is 4.79 Å². The number of alkyl carbamates (subject to hydrolysis) is 1. The Bertz CT molecular complexity index is 1220. The maximum atomic E-state index is 13.4. The highest BCUT2D eigenvalue weighted by Crippen LogP contribution is 2.48. The zero-order valence-corrected chi connectivity index (χ0v) is 20.4. The lowest BCUT2D eigenvalue weighted by Gasteiger charge is -2.24. The maximum Gasteiger partial charge on any atom is 0.408 e. The Kier molecular flexibility index (Phi) is 9.26. The van der Waals surface area contributed by atoms with Crippen LogP contribution in [0.3, 0.4) is 0 Å². The van der Waals surface area contributed by atoms with Gasteiger partial charge in [0.2, 0.25) is 7.37 Å². The van der Waals surface area contributed by atoms with E-state index in [1.807, 2.05) is 6.07 Å². The van der Waals surface area contributed by atoms with E-state index in [9.17, 15) is 24.2 Å². The summed E-state index contributed by atoms with van der Waals surface area (Å²) in [6, 6.07) is 24.3. The van der Waals surface area contributed by atoms with Gasteiger partial charge in [0.15, 0.2) is 0 Å². The van der Waals surface area contributed by atoms with Crippen molar-refractivity contribution in [1.82, 2.24) is 5.32 Å². The fraction of sp³-hybridized carbons (Fsp3) is 0.154. The van der Waals surface area contributed by atoms with Crippen LogP contribution in [0, 0.1) is 0 Å². The normalized spacial score (nSPS) is 13.9. The van der Waals surface area contributed by atoms with Crippen molar-refractivity contribution >= 4 is 37.1 Å². The average Bonchev–Trinajstić information content (AvgIpc) is 2.84. The highest BCUT2D eigenvalue weighted by Gasteiger charge is 2.35. The van der Waals surface area contributed by atoms with E-state index in [-0.39, 0.29) is 18.6 Å². The highest BCUT2D eigenvalue weighted by molar-refractivity contribution is 7.59. The number of amides is 1. The Labute approximate surface area is 208 Å². The van der Waals surface area contributed by atoms with Crippen molar-refractivity contribution in [3.8, 4) is 0 Å². The van der Waals surface area contributed by atoms with Gasteiger partial charge >= 0.3 is 12.1 Å². The number of hydrogen-bond acceptors (Lipinski definition) is 4. The van der Waals surface area contributed by atoms with Gasteiger partial charge in [0.05, 0.1) is 6.16 Å². The molecule has 182 valence electrons. The minimum Gasteiger partial charge on any atom is -0.478 e. The van der Waals surface area contributed by atoms with Crippen molar-refractivity contribution in [1.29, 1.82) is 0 Å². The highest BCUT2D eigenvalue weighted by atomic mass is 35.5. The average molecular weight is 514 g/mol. The quantitative estimate of drug-likeness (QED) is 0.241. The molecule has 0 saturated carbocycles. The number of carbonyl (C=O) groups excluding carboxylic acids is 1. The van der Waals surface area contributed by atoms with E-state index in [0.717, 1.165) is 5.56 Å². The maximum absolute atomic E-state index is 13.4. The number of carboxylic acid groups (broad SMARTS) is 1. The third kappa shape index (κ3) is 8.41. The SMILES string of the molecule is O=C(N[C@H](Cc1ccccc1)P(=O)(O)C/C(=C/c1ccc(Cl)cc1)C(=O)O)OCc1ccccc1. The molecule has 0 bridgehead atoms. The van der Waals surface area contributed by atoms with Crippen LogP contribution in [0.1, 0.15) is 16.7 Å². The topological polar surface area (TPSA) is 113 Å². The molecule has 0 aliphatic carbocycles. The van der Waals surface area contributed by atoms with Crippen LogP contribution in [0.25, 0.3) is 6.08 Å². The molecule has 3 N–H and O–H groups in total. The van der Waals surface area contributed by atoms with Crippen LogP contribution in [-0.4, -0.2) is 34.0 Å². The Hall–Kier alpha value is -3.38. The van der Waals surface area contributed by atoms with Crippen molar-refractivity contribution in [2.45, 2.75) is 18.8 Å². The first-order valence-corrected chi connectivity index (χ1v) is 13.0. The van der Waals surface area contributed by atoms with Gasteiger partial charge in [0.1, 0.15) is 12.4 Å². The summed E-state index contributed by atoms with van der Waals surface area (Å²) in [5.41, 5.74) is 1.71. The molecule has 3 aromatic rings. The number of halogens is 1. The molecular formula is C26H25ClNO6P. The molecule has 3 rings (SSSR count). The molecule has 0 aromatic heterocycles. The summed E-state index contributed by atoms with van der Waals surface area (Å²) in [6.45, 7) is -0.0166. The molecule has 0 spiro atoms. The summed E-state index contributed by atoms with van der Waals surface area (Å²) in [6.07, 6.45) is -0.193. The molecule has 0 radical (unpaired) electrons. The number of rotatable bonds is 10. The molecule has 3 aromatic carbocycles. The van der Waals surface area contributed by atoms with Crippen molar-refractivity contribution in [3.63, 3.8) is 0 Å². The molecular weight excluding hydrogens is 489 g/mol. The second kappa shape index (κ2) is 12.4. The summed E-state index contributed by atoms with van der Waals surface area (Å²) < 4.78 is 18.7. The number of aliphatic carboxylic acids is 1. The Balaban J connectivity index is 1.80. The predicted molar refractivity (Wildman–Crippen MR) is 135 cm³/mol. The summed E-state index contributed by atoms with van der Waals surface area (Å²) in [5.74, 6) is -2.60. The number of carbonyl (C=O) groups is 2. The fourth-order valence-corrected chi connectivity index (χ4v) is 5.19. The molecule has 7 nitrogen and oxygen atoms in total. The molecule has 0 saturated heterocycles. The van der Waals surface area contributed by atoms with Gasteiger partial charge in [-0.2, -0.15) is 0 Å². The molecule has 0 aliphatic heterocycles. The number of benzene rings is 3. The molecule has 35 heavy (non-hydrogen) atoms. The molecule has 0 aliphatic rings. The zero-order chi connectivity index (χ0) is 25.3. The van der Waals surface area contributed by atoms with Crippen LogP contribution in [0.15, 0.2) is 90.5 Å². The summed E-state index contributed by atoms with van der Waals surface area (Å²) in [7, 11) is -4.26. The molecule has 1 amide bonds. The standard InChI is InChI=1S/C26H25ClNO6P/c27-23-13-11-20(12-14-23)15-22(25(29)30)18-35(32,33)24(16-19-7-3-1-4-8-19)28-26(31)34-17-21-9-5-2-6-10-21/h1-15,24H,16-18H2,(H,28,31)(H,29,30)(H,32,33)/b22-15-/t24-/m0/s1. The van der Waals surface area contributed by atoms with E-state index in [2.05, 4.69) is 5.32 Å². The number of hydrogen-bond donors (Lipinski definition) is 3. The first-order chi connectivity index (χ1) is 16.7. The zero-order valence-electron chi connectivity index (χ0n) is 18.7. The van der Waals surface area contributed by atoms with Crippen LogP contribution in [0.5, 0.6) is 0 Å². The lowest BCUT2D eigenvalue weighted by molar-refractivity contribution is -0.132. The smallest absolute Gasteiger partial charge is 0.408 e. The van der Waals surface area contributed by atoms with Crippen molar-refractivity contribution in [2.75, 3.05) is 6.16 Å². The molecule has 1 unspecified atom stereocenters. The molecule has 2 atom stereocenters. The minimum atomic E-state index is -4.26. The van der Waals surface area contributed by atoms with E-state index >= 15 is 0 Å². The lowest BCUT2D eigenvalue weighted by Crippen LogP contribution is -2.37. The molecule has 0 heterocycles. The van der Waals surface area contributed by atoms with Gasteiger partial charge in [-0.15, -0.1) is 0 Å². The van der Waals surface area contributed by atoms with Crippen LogP contribution in [-0.2, 0) is 27.1 Å². The van der Waals surface area contributed by atoms with E-state index in [0.29, 0.717) is 16.1 Å². The van der Waals surface area contributed by atoms with Crippen molar-refractivity contribution in [2.24, 2.45) is 0 Å². The Morgan fingerprint density at radius 3 is 2.09 bits per heavy atom. The largest absolute Gasteiger partial charge is 0.478 e. The van der Waals surface area contributed by atoms with Crippen LogP contribution in [0.2, 0.25) is 5.02 Å². The minimum absolute atomic E-state index is 0.0166. The Morgan fingerprint density at radius 2 is 1.51 bits per heavy atom. The van der Waals surface area contributed by atoms with Gasteiger partial charge in [-0.25, -0.2) is 9.59 Å². The predicted octanol–water partition coefficient (Wildman–Crippen LogP) is 5.57. The van der Waals surface area contributed by atoms with Crippen LogP contribution >= 0.6 is 19.0 Å². The summed E-state index contributed by atoms with van der Waals surface area (Å²) in [5, 5.41) is 12.6. The van der Waals surface area contributed by atoms with Crippen molar-refractivity contribution < 1.29 is 28.9 Å². The molecule has 0 fully saturated rings. The van der Waals surface area contributed by atoms with Gasteiger partial charge in [-0.1, -0.05) is 84.4 Å². The van der Waals surface area contributed by atoms with Crippen molar-refractivity contribution in [3.05, 3.63) is 112 Å². The lowest BCUT2D eigenvalue weighted by atomic mass is 10.1. The van der Waals surface area contributed by atoms with E-state index < -0.39 is 31.4 Å².